The van der Waals surface area contributed by atoms with Gasteiger partial charge in [-0.05, 0) is 35.9 Å². The van der Waals surface area contributed by atoms with E-state index in [0.29, 0.717) is 11.1 Å². The SMILES string of the molecule is C[C@@H]([C@H](O)CN(C)C[C@@H](O)c1cccc(O)c1)[C@@H](O)c1ccc(CO)cc1. The molecule has 0 fully saturated rings. The first kappa shape index (κ1) is 21.3. The number of aliphatic hydroxyl groups is 4. The monoisotopic (exact) mass is 375 g/mol. The highest BCUT2D eigenvalue weighted by Crippen LogP contribution is 2.26. The zero-order valence-corrected chi connectivity index (χ0v) is 15.7. The zero-order chi connectivity index (χ0) is 20.0. The summed E-state index contributed by atoms with van der Waals surface area (Å²) in [4.78, 5) is 1.79. The Morgan fingerprint density at radius 1 is 0.926 bits per heavy atom. The van der Waals surface area contributed by atoms with Crippen LogP contribution in [0.5, 0.6) is 5.75 Å². The summed E-state index contributed by atoms with van der Waals surface area (Å²) in [7, 11) is 1.78. The van der Waals surface area contributed by atoms with Crippen LogP contribution in [0.2, 0.25) is 0 Å². The van der Waals surface area contributed by atoms with Crippen molar-refractivity contribution in [3.8, 4) is 5.75 Å². The van der Waals surface area contributed by atoms with Crippen molar-refractivity contribution in [2.75, 3.05) is 20.1 Å². The Balaban J connectivity index is 1.90. The van der Waals surface area contributed by atoms with Crippen molar-refractivity contribution >= 4 is 0 Å². The fourth-order valence-corrected chi connectivity index (χ4v) is 3.03. The van der Waals surface area contributed by atoms with E-state index >= 15 is 0 Å². The van der Waals surface area contributed by atoms with Gasteiger partial charge in [-0.2, -0.15) is 0 Å². The summed E-state index contributed by atoms with van der Waals surface area (Å²) in [6.07, 6.45) is -2.42. The summed E-state index contributed by atoms with van der Waals surface area (Å²) in [5.74, 6) is -0.316. The maximum atomic E-state index is 10.5. The van der Waals surface area contributed by atoms with E-state index in [9.17, 15) is 20.4 Å². The van der Waals surface area contributed by atoms with Gasteiger partial charge in [0.05, 0.1) is 24.9 Å². The Kier molecular flexibility index (Phi) is 7.77. The molecule has 2 rings (SSSR count). The highest BCUT2D eigenvalue weighted by Gasteiger charge is 2.25. The molecule has 0 aliphatic rings. The third-order valence-electron chi connectivity index (χ3n) is 4.85. The van der Waals surface area contributed by atoms with Crippen molar-refractivity contribution in [1.82, 2.24) is 4.90 Å². The third-order valence-corrected chi connectivity index (χ3v) is 4.85. The van der Waals surface area contributed by atoms with Gasteiger partial charge in [0.25, 0.3) is 0 Å². The molecule has 6 nitrogen and oxygen atoms in total. The maximum Gasteiger partial charge on any atom is 0.115 e. The number of aliphatic hydroxyl groups excluding tert-OH is 4. The van der Waals surface area contributed by atoms with Crippen molar-refractivity contribution < 1.29 is 25.5 Å². The smallest absolute Gasteiger partial charge is 0.115 e. The minimum absolute atomic E-state index is 0.0547. The van der Waals surface area contributed by atoms with Crippen LogP contribution < -0.4 is 0 Å². The van der Waals surface area contributed by atoms with Crippen LogP contribution in [0.15, 0.2) is 48.5 Å². The number of nitrogens with zero attached hydrogens (tertiary/aromatic N) is 1. The van der Waals surface area contributed by atoms with Crippen LogP contribution in [0.1, 0.15) is 35.8 Å². The quantitative estimate of drug-likeness (QED) is 0.456. The molecule has 6 heteroatoms. The first-order chi connectivity index (χ1) is 12.8. The van der Waals surface area contributed by atoms with E-state index < -0.39 is 24.2 Å². The fourth-order valence-electron chi connectivity index (χ4n) is 3.03. The molecule has 0 spiro atoms. The molecule has 0 unspecified atom stereocenters. The van der Waals surface area contributed by atoms with Crippen molar-refractivity contribution in [3.63, 3.8) is 0 Å². The average molecular weight is 375 g/mol. The van der Waals surface area contributed by atoms with Crippen molar-refractivity contribution in [2.45, 2.75) is 31.8 Å². The second-order valence-corrected chi connectivity index (χ2v) is 7.10. The number of rotatable bonds is 9. The van der Waals surface area contributed by atoms with Gasteiger partial charge in [-0.15, -0.1) is 0 Å². The number of phenolic OH excluding ortho intramolecular Hbond substituents is 1. The lowest BCUT2D eigenvalue weighted by Crippen LogP contribution is -2.37. The highest BCUT2D eigenvalue weighted by molar-refractivity contribution is 5.28. The van der Waals surface area contributed by atoms with Crippen LogP contribution in [0.25, 0.3) is 0 Å². The van der Waals surface area contributed by atoms with E-state index in [2.05, 4.69) is 0 Å². The Morgan fingerprint density at radius 3 is 2.19 bits per heavy atom. The number of hydrogen-bond donors (Lipinski definition) is 5. The minimum Gasteiger partial charge on any atom is -0.508 e. The normalized spacial score (nSPS) is 16.1. The molecule has 0 aliphatic heterocycles. The molecule has 0 saturated carbocycles. The zero-order valence-electron chi connectivity index (χ0n) is 15.7. The van der Waals surface area contributed by atoms with Crippen LogP contribution in [0, 0.1) is 5.92 Å². The molecule has 5 N–H and O–H groups in total. The molecule has 27 heavy (non-hydrogen) atoms. The van der Waals surface area contributed by atoms with E-state index in [-0.39, 0.29) is 25.4 Å². The van der Waals surface area contributed by atoms with Crippen LogP contribution in [0.4, 0.5) is 0 Å². The molecule has 148 valence electrons. The lowest BCUT2D eigenvalue weighted by molar-refractivity contribution is -0.000719. The second-order valence-electron chi connectivity index (χ2n) is 7.10. The molecule has 2 aromatic rings. The fraction of sp³-hybridized carbons (Fsp3) is 0.429. The Bertz CT molecular complexity index is 706. The molecule has 2 aromatic carbocycles. The van der Waals surface area contributed by atoms with Gasteiger partial charge in [-0.25, -0.2) is 0 Å². The van der Waals surface area contributed by atoms with E-state index in [1.54, 1.807) is 61.3 Å². The molecule has 0 saturated heterocycles. The first-order valence-electron chi connectivity index (χ1n) is 9.03. The van der Waals surface area contributed by atoms with Crippen molar-refractivity contribution in [2.24, 2.45) is 5.92 Å². The lowest BCUT2D eigenvalue weighted by atomic mass is 9.91. The minimum atomic E-state index is -0.836. The Hall–Kier alpha value is -1.96. The summed E-state index contributed by atoms with van der Waals surface area (Å²) in [6.45, 7) is 2.28. The lowest BCUT2D eigenvalue weighted by Gasteiger charge is -2.29. The molecule has 4 atom stereocenters. The first-order valence-corrected chi connectivity index (χ1v) is 9.03. The van der Waals surface area contributed by atoms with Crippen LogP contribution in [-0.4, -0.2) is 56.7 Å². The summed E-state index contributed by atoms with van der Waals surface area (Å²) in [6, 6.07) is 13.4. The maximum absolute atomic E-state index is 10.5. The summed E-state index contributed by atoms with van der Waals surface area (Å²) < 4.78 is 0. The molecular formula is C21H29NO5. The van der Waals surface area contributed by atoms with Gasteiger partial charge in [-0.3, -0.25) is 0 Å². The largest absolute Gasteiger partial charge is 0.508 e. The molecule has 0 amide bonds. The number of phenols is 1. The summed E-state index contributed by atoms with van der Waals surface area (Å²) >= 11 is 0. The molecular weight excluding hydrogens is 346 g/mol. The summed E-state index contributed by atoms with van der Waals surface area (Å²) in [5, 5.41) is 49.9. The predicted octanol–water partition coefficient (Wildman–Crippen LogP) is 1.58. The average Bonchev–Trinajstić information content (AvgIpc) is 2.66. The molecule has 0 bridgehead atoms. The van der Waals surface area contributed by atoms with E-state index in [1.165, 1.54) is 6.07 Å². The molecule has 0 aromatic heterocycles. The second kappa shape index (κ2) is 9.82. The van der Waals surface area contributed by atoms with Gasteiger partial charge in [0.15, 0.2) is 0 Å². The highest BCUT2D eigenvalue weighted by atomic mass is 16.3. The van der Waals surface area contributed by atoms with Crippen molar-refractivity contribution in [3.05, 3.63) is 65.2 Å². The van der Waals surface area contributed by atoms with Crippen LogP contribution in [-0.2, 0) is 6.61 Å². The van der Waals surface area contributed by atoms with E-state index in [4.69, 9.17) is 5.11 Å². The topological polar surface area (TPSA) is 104 Å². The molecule has 0 aliphatic carbocycles. The summed E-state index contributed by atoms with van der Waals surface area (Å²) in [5.41, 5.74) is 2.05. The molecule has 0 radical (unpaired) electrons. The standard InChI is InChI=1S/C21H29NO5/c1-14(21(27)16-8-6-15(13-23)7-9-16)19(25)11-22(2)12-20(26)17-4-3-5-18(24)10-17/h3-10,14,19-21,23-27H,11-13H2,1-2H3/t14-,19+,20+,21+/m0/s1. The predicted molar refractivity (Wildman–Crippen MR) is 103 cm³/mol. The number of benzene rings is 2. The molecule has 0 heterocycles. The van der Waals surface area contributed by atoms with Crippen molar-refractivity contribution in [1.29, 1.82) is 0 Å². The van der Waals surface area contributed by atoms with Crippen LogP contribution >= 0.6 is 0 Å². The number of likely N-dealkylation sites (N-methyl/N-ethyl adjacent to an activating group) is 1. The van der Waals surface area contributed by atoms with Gasteiger partial charge in [-0.1, -0.05) is 43.3 Å². The van der Waals surface area contributed by atoms with E-state index in [0.717, 1.165) is 5.56 Å². The van der Waals surface area contributed by atoms with Gasteiger partial charge < -0.3 is 30.4 Å². The Morgan fingerprint density at radius 2 is 1.59 bits per heavy atom. The van der Waals surface area contributed by atoms with Gasteiger partial charge >= 0.3 is 0 Å². The number of hydrogen-bond acceptors (Lipinski definition) is 6. The van der Waals surface area contributed by atoms with Gasteiger partial charge in [0, 0.05) is 19.0 Å². The van der Waals surface area contributed by atoms with Gasteiger partial charge in [0.2, 0.25) is 0 Å². The van der Waals surface area contributed by atoms with Gasteiger partial charge in [0.1, 0.15) is 5.75 Å². The Labute approximate surface area is 160 Å². The van der Waals surface area contributed by atoms with E-state index in [1.807, 2.05) is 0 Å². The third kappa shape index (κ3) is 6.02. The van der Waals surface area contributed by atoms with Crippen LogP contribution in [0.3, 0.4) is 0 Å². The number of aromatic hydroxyl groups is 1.